The van der Waals surface area contributed by atoms with Gasteiger partial charge in [0.05, 0.1) is 0 Å². The molecule has 0 N–H and O–H groups in total. The third-order valence-corrected chi connectivity index (χ3v) is 2.94. The fourth-order valence-electron chi connectivity index (χ4n) is 1.14. The fraction of sp³-hybridized carbons (Fsp3) is 0.444. The normalized spacial score (nSPS) is 18.7. The lowest BCUT2D eigenvalue weighted by Crippen LogP contribution is -2.21. The molecule has 0 amide bonds. The molecule has 0 aliphatic heterocycles. The third-order valence-electron chi connectivity index (χ3n) is 1.47. The molecule has 0 saturated heterocycles. The van der Waals surface area contributed by atoms with Crippen LogP contribution in [0.1, 0.15) is 0 Å². The van der Waals surface area contributed by atoms with Gasteiger partial charge >= 0.3 is 0 Å². The Bertz CT molecular complexity index is 148. The second-order valence-corrected chi connectivity index (χ2v) is 9.51. The van der Waals surface area contributed by atoms with Crippen LogP contribution in [-0.2, 0) is 0 Å². The van der Waals surface area contributed by atoms with E-state index in [-0.39, 0.29) is 0 Å². The molecule has 0 nitrogen and oxygen atoms in total. The molecule has 0 aromatic carbocycles. The van der Waals surface area contributed by atoms with Crippen molar-refractivity contribution in [3.63, 3.8) is 0 Å². The molecular formula is C9H15Si. The van der Waals surface area contributed by atoms with E-state index in [2.05, 4.69) is 43.9 Å². The zero-order valence-electron chi connectivity index (χ0n) is 7.02. The van der Waals surface area contributed by atoms with Gasteiger partial charge in [0.1, 0.15) is 0 Å². The van der Waals surface area contributed by atoms with Gasteiger partial charge in [0.25, 0.3) is 0 Å². The Labute approximate surface area is 64.7 Å². The fourth-order valence-corrected chi connectivity index (χ4v) is 2.60. The Balaban J connectivity index is 2.40. The average molecular weight is 151 g/mol. The van der Waals surface area contributed by atoms with Crippen LogP contribution in [0.5, 0.6) is 0 Å². The van der Waals surface area contributed by atoms with E-state index in [0.717, 1.165) is 0 Å². The Kier molecular flexibility index (Phi) is 2.14. The van der Waals surface area contributed by atoms with Crippen LogP contribution in [-0.4, -0.2) is 8.07 Å². The van der Waals surface area contributed by atoms with Crippen LogP contribution in [0.25, 0.3) is 0 Å². The summed E-state index contributed by atoms with van der Waals surface area (Å²) in [6.45, 7) is 7.21. The van der Waals surface area contributed by atoms with Gasteiger partial charge in [-0.3, -0.25) is 0 Å². The van der Waals surface area contributed by atoms with E-state index in [0.29, 0.717) is 0 Å². The minimum Gasteiger partial charge on any atom is -0.0737 e. The third kappa shape index (κ3) is 2.52. The van der Waals surface area contributed by atoms with Crippen molar-refractivity contribution >= 4 is 8.07 Å². The minimum atomic E-state index is -0.862. The van der Waals surface area contributed by atoms with Crippen LogP contribution in [0.15, 0.2) is 24.3 Å². The largest absolute Gasteiger partial charge is 0.0737 e. The molecular weight excluding hydrogens is 136 g/mol. The zero-order valence-corrected chi connectivity index (χ0v) is 8.02. The maximum Gasteiger partial charge on any atom is 0.0454 e. The van der Waals surface area contributed by atoms with Crippen LogP contribution in [0.4, 0.5) is 0 Å². The average Bonchev–Trinajstić information content (AvgIpc) is 2.12. The van der Waals surface area contributed by atoms with Gasteiger partial charge in [-0.1, -0.05) is 43.9 Å². The summed E-state index contributed by atoms with van der Waals surface area (Å²) in [5.74, 6) is 1.51. The highest BCUT2D eigenvalue weighted by atomic mass is 28.3. The minimum absolute atomic E-state index is 0.862. The van der Waals surface area contributed by atoms with Crippen LogP contribution in [0.2, 0.25) is 25.7 Å². The molecule has 0 bridgehead atoms. The summed E-state index contributed by atoms with van der Waals surface area (Å²) < 4.78 is 0. The maximum atomic E-state index is 2.40. The molecule has 55 valence electrons. The van der Waals surface area contributed by atoms with Crippen LogP contribution < -0.4 is 0 Å². The molecule has 1 radical (unpaired) electrons. The summed E-state index contributed by atoms with van der Waals surface area (Å²) in [7, 11) is -0.862. The molecule has 0 aromatic heterocycles. The van der Waals surface area contributed by atoms with E-state index in [4.69, 9.17) is 0 Å². The van der Waals surface area contributed by atoms with Gasteiger partial charge in [0.2, 0.25) is 0 Å². The maximum absolute atomic E-state index is 2.40. The first-order valence-electron chi connectivity index (χ1n) is 3.78. The summed E-state index contributed by atoms with van der Waals surface area (Å²) >= 11 is 0. The van der Waals surface area contributed by atoms with E-state index < -0.39 is 8.07 Å². The van der Waals surface area contributed by atoms with E-state index in [1.165, 1.54) is 12.0 Å². The predicted octanol–water partition coefficient (Wildman–Crippen LogP) is 3.03. The van der Waals surface area contributed by atoms with Gasteiger partial charge in [0.15, 0.2) is 0 Å². The van der Waals surface area contributed by atoms with Crippen LogP contribution >= 0.6 is 0 Å². The van der Waals surface area contributed by atoms with Crippen molar-refractivity contribution in [3.8, 4) is 0 Å². The first kappa shape index (κ1) is 7.80. The van der Waals surface area contributed by atoms with Crippen molar-refractivity contribution in [3.05, 3.63) is 30.2 Å². The zero-order chi connectivity index (χ0) is 7.61. The van der Waals surface area contributed by atoms with Gasteiger partial charge in [0, 0.05) is 14.0 Å². The van der Waals surface area contributed by atoms with Crippen molar-refractivity contribution in [2.45, 2.75) is 25.7 Å². The van der Waals surface area contributed by atoms with Crippen LogP contribution in [0.3, 0.4) is 0 Å². The molecule has 1 aliphatic rings. The second-order valence-electron chi connectivity index (χ2n) is 4.03. The van der Waals surface area contributed by atoms with Gasteiger partial charge < -0.3 is 0 Å². The van der Waals surface area contributed by atoms with E-state index >= 15 is 0 Å². The first-order chi connectivity index (χ1) is 4.58. The topological polar surface area (TPSA) is 0 Å². The van der Waals surface area contributed by atoms with Gasteiger partial charge in [-0.15, -0.1) is 0 Å². The molecule has 0 saturated carbocycles. The van der Waals surface area contributed by atoms with Gasteiger partial charge in [-0.25, -0.2) is 0 Å². The molecule has 10 heavy (non-hydrogen) atoms. The molecule has 0 spiro atoms. The molecule has 1 rings (SSSR count). The predicted molar refractivity (Wildman–Crippen MR) is 49.7 cm³/mol. The van der Waals surface area contributed by atoms with Crippen molar-refractivity contribution in [1.82, 2.24) is 0 Å². The monoisotopic (exact) mass is 151 g/mol. The molecule has 1 heteroatoms. The van der Waals surface area contributed by atoms with E-state index in [1.807, 2.05) is 0 Å². The van der Waals surface area contributed by atoms with Crippen molar-refractivity contribution in [2.24, 2.45) is 0 Å². The summed E-state index contributed by atoms with van der Waals surface area (Å²) in [4.78, 5) is 0. The van der Waals surface area contributed by atoms with E-state index in [1.54, 1.807) is 0 Å². The lowest BCUT2D eigenvalue weighted by molar-refractivity contribution is 1.28. The summed E-state index contributed by atoms with van der Waals surface area (Å²) in [6.07, 6.45) is 8.68. The molecule has 1 aliphatic carbocycles. The molecule has 0 atom stereocenters. The molecule has 0 aromatic rings. The lowest BCUT2D eigenvalue weighted by Gasteiger charge is -2.17. The lowest BCUT2D eigenvalue weighted by atomic mass is 10.2. The SMILES string of the molecule is C[Si](C)(C)C[C]1C=CC=C1. The number of rotatable bonds is 2. The smallest absolute Gasteiger partial charge is 0.0454 e. The van der Waals surface area contributed by atoms with Crippen molar-refractivity contribution in [1.29, 1.82) is 0 Å². The highest BCUT2D eigenvalue weighted by Crippen LogP contribution is 2.23. The highest BCUT2D eigenvalue weighted by molar-refractivity contribution is 6.76. The number of allylic oxidation sites excluding steroid dienone is 4. The summed E-state index contributed by atoms with van der Waals surface area (Å²) in [5, 5.41) is 0. The Morgan fingerprint density at radius 3 is 2.00 bits per heavy atom. The molecule has 0 unspecified atom stereocenters. The standard InChI is InChI=1S/C9H15Si/c1-10(2,3)8-9-6-4-5-7-9/h4-7H,8H2,1-3H3. The van der Waals surface area contributed by atoms with Crippen molar-refractivity contribution in [2.75, 3.05) is 0 Å². The number of hydrogen-bond donors (Lipinski definition) is 0. The highest BCUT2D eigenvalue weighted by Gasteiger charge is 2.17. The Hall–Kier alpha value is -0.303. The summed E-state index contributed by atoms with van der Waals surface area (Å²) in [6, 6.07) is 1.32. The van der Waals surface area contributed by atoms with Gasteiger partial charge in [-0.2, -0.15) is 0 Å². The first-order valence-corrected chi connectivity index (χ1v) is 7.49. The Morgan fingerprint density at radius 1 is 1.10 bits per heavy atom. The van der Waals surface area contributed by atoms with E-state index in [9.17, 15) is 0 Å². The number of hydrogen-bond acceptors (Lipinski definition) is 0. The molecule has 0 fully saturated rings. The summed E-state index contributed by atoms with van der Waals surface area (Å²) in [5.41, 5.74) is 0. The molecule has 0 heterocycles. The van der Waals surface area contributed by atoms with Crippen molar-refractivity contribution < 1.29 is 0 Å². The Morgan fingerprint density at radius 2 is 1.60 bits per heavy atom. The quantitative estimate of drug-likeness (QED) is 0.532. The van der Waals surface area contributed by atoms with Crippen LogP contribution in [0, 0.1) is 5.92 Å². The van der Waals surface area contributed by atoms with Gasteiger partial charge in [-0.05, 0) is 6.04 Å². The second kappa shape index (κ2) is 2.75.